The van der Waals surface area contributed by atoms with E-state index in [1.54, 1.807) is 78.9 Å². The lowest BCUT2D eigenvalue weighted by Crippen LogP contribution is -2.46. The van der Waals surface area contributed by atoms with E-state index in [9.17, 15) is 19.2 Å². The van der Waals surface area contributed by atoms with Gasteiger partial charge in [0.15, 0.2) is 11.5 Å². The zero-order valence-electron chi connectivity index (χ0n) is 23.1. The van der Waals surface area contributed by atoms with E-state index in [-0.39, 0.29) is 18.9 Å². The smallest absolute Gasteiger partial charge is 0.299 e. The molecule has 2 aliphatic heterocycles. The Balaban J connectivity index is 1.38. The Morgan fingerprint density at radius 2 is 1.65 bits per heavy atom. The Hall–Kier alpha value is -5.15. The minimum Gasteiger partial charge on any atom is -0.454 e. The normalized spacial score (nSPS) is 14.0. The van der Waals surface area contributed by atoms with Crippen molar-refractivity contribution in [3.63, 3.8) is 0 Å². The highest BCUT2D eigenvalue weighted by molar-refractivity contribution is 6.52. The van der Waals surface area contributed by atoms with Crippen molar-refractivity contribution in [2.75, 3.05) is 23.6 Å². The van der Waals surface area contributed by atoms with Crippen molar-refractivity contribution in [3.8, 4) is 11.5 Å². The minimum absolute atomic E-state index is 0.0285. The molecule has 0 aliphatic carbocycles. The number of hydrogen-bond acceptors (Lipinski definition) is 6. The van der Waals surface area contributed by atoms with Gasteiger partial charge in [-0.3, -0.25) is 24.1 Å². The van der Waals surface area contributed by atoms with Crippen LogP contribution < -0.4 is 19.7 Å². The summed E-state index contributed by atoms with van der Waals surface area (Å²) >= 11 is 6.12. The van der Waals surface area contributed by atoms with Gasteiger partial charge in [-0.25, -0.2) is 0 Å². The number of rotatable bonds is 8. The van der Waals surface area contributed by atoms with E-state index < -0.39 is 36.1 Å². The number of nitrogens with zero attached hydrogens (tertiary/aromatic N) is 2. The molecule has 1 atom stereocenters. The van der Waals surface area contributed by atoms with Crippen LogP contribution in [0.25, 0.3) is 0 Å². The second-order valence-electron chi connectivity index (χ2n) is 10.3. The highest BCUT2D eigenvalue weighted by Crippen LogP contribution is 2.35. The summed E-state index contributed by atoms with van der Waals surface area (Å²) in [4.78, 5) is 56.5. The Bertz CT molecular complexity index is 1740. The molecule has 1 unspecified atom stereocenters. The number of benzene rings is 4. The Kier molecular flexibility index (Phi) is 7.56. The van der Waals surface area contributed by atoms with Crippen LogP contribution in [0, 0.1) is 6.92 Å². The van der Waals surface area contributed by atoms with E-state index in [0.29, 0.717) is 33.5 Å². The molecule has 10 heteroatoms. The average Bonchev–Trinajstić information content (AvgIpc) is 3.57. The minimum atomic E-state index is -1.10. The van der Waals surface area contributed by atoms with Gasteiger partial charge in [0.25, 0.3) is 17.6 Å². The second-order valence-corrected chi connectivity index (χ2v) is 10.7. The van der Waals surface area contributed by atoms with Crippen LogP contribution >= 0.6 is 11.6 Å². The summed E-state index contributed by atoms with van der Waals surface area (Å²) in [6, 6.07) is 24.7. The number of aryl methyl sites for hydroxylation is 1. The van der Waals surface area contributed by atoms with Gasteiger partial charge in [-0.15, -0.1) is 0 Å². The van der Waals surface area contributed by atoms with Gasteiger partial charge in [0, 0.05) is 23.3 Å². The predicted molar refractivity (Wildman–Crippen MR) is 160 cm³/mol. The van der Waals surface area contributed by atoms with Crippen LogP contribution in [0.15, 0.2) is 91.0 Å². The number of Topliss-reactive ketones (excluding diaryl/α,β-unsaturated/α-hetero) is 1. The lowest BCUT2D eigenvalue weighted by atomic mass is 10.0. The molecule has 0 fully saturated rings. The standard InChI is InChI=1S/C33H26ClN3O6/c1-20-6-10-22(11-7-20)30(32(40)35-24-14-15-27-28(16-24)43-19-42-27)37(17-21-8-12-23(34)13-9-21)29(38)18-36-26-5-3-2-4-25(26)31(39)33(36)41/h2-16,30H,17-19H2,1H3,(H,35,40). The number of carbonyl (C=O) groups is 4. The molecule has 9 nitrogen and oxygen atoms in total. The van der Waals surface area contributed by atoms with E-state index in [4.69, 9.17) is 21.1 Å². The van der Waals surface area contributed by atoms with E-state index in [1.807, 2.05) is 19.1 Å². The van der Waals surface area contributed by atoms with Crippen LogP contribution in [0.2, 0.25) is 5.02 Å². The lowest BCUT2D eigenvalue weighted by Gasteiger charge is -2.33. The van der Waals surface area contributed by atoms with Crippen molar-refractivity contribution in [1.29, 1.82) is 0 Å². The second kappa shape index (κ2) is 11.6. The van der Waals surface area contributed by atoms with Crippen molar-refractivity contribution in [1.82, 2.24) is 4.90 Å². The summed E-state index contributed by atoms with van der Waals surface area (Å²) in [5.41, 5.74) is 3.31. The molecule has 1 N–H and O–H groups in total. The van der Waals surface area contributed by atoms with E-state index in [1.165, 1.54) is 4.90 Å². The number of ether oxygens (including phenoxy) is 2. The number of hydrogen-bond donors (Lipinski definition) is 1. The Labute approximate surface area is 252 Å². The maximum absolute atomic E-state index is 14.2. The van der Waals surface area contributed by atoms with Gasteiger partial charge in [-0.05, 0) is 54.4 Å². The van der Waals surface area contributed by atoms with Gasteiger partial charge < -0.3 is 19.7 Å². The molecule has 2 heterocycles. The van der Waals surface area contributed by atoms with Crippen LogP contribution in [0.3, 0.4) is 0 Å². The number of amides is 3. The first kappa shape index (κ1) is 28.0. The van der Waals surface area contributed by atoms with Crippen molar-refractivity contribution < 1.29 is 28.7 Å². The largest absolute Gasteiger partial charge is 0.454 e. The van der Waals surface area contributed by atoms with Gasteiger partial charge in [0.1, 0.15) is 12.6 Å². The molecule has 4 aromatic carbocycles. The van der Waals surface area contributed by atoms with Crippen molar-refractivity contribution in [3.05, 3.63) is 118 Å². The summed E-state index contributed by atoms with van der Waals surface area (Å²) in [6.07, 6.45) is 0. The summed E-state index contributed by atoms with van der Waals surface area (Å²) in [6.45, 7) is 1.61. The SMILES string of the molecule is Cc1ccc(C(C(=O)Nc2ccc3c(c2)OCO3)N(Cc2ccc(Cl)cc2)C(=O)CN2C(=O)C(=O)c3ccccc32)cc1. The summed E-state index contributed by atoms with van der Waals surface area (Å²) in [5.74, 6) is -1.41. The number of anilines is 2. The maximum Gasteiger partial charge on any atom is 0.299 e. The number of nitrogens with one attached hydrogen (secondary N) is 1. The lowest BCUT2D eigenvalue weighted by molar-refractivity contribution is -0.139. The maximum atomic E-state index is 14.2. The number of ketones is 1. The molecule has 6 rings (SSSR count). The predicted octanol–water partition coefficient (Wildman–Crippen LogP) is 5.32. The van der Waals surface area contributed by atoms with Crippen LogP contribution in [0.4, 0.5) is 11.4 Å². The monoisotopic (exact) mass is 595 g/mol. The highest BCUT2D eigenvalue weighted by atomic mass is 35.5. The summed E-state index contributed by atoms with van der Waals surface area (Å²) in [5, 5.41) is 3.44. The van der Waals surface area contributed by atoms with Crippen molar-refractivity contribution >= 4 is 46.5 Å². The van der Waals surface area contributed by atoms with Crippen LogP contribution in [-0.4, -0.2) is 41.7 Å². The number of fused-ring (bicyclic) bond motifs is 2. The molecule has 216 valence electrons. The molecule has 0 radical (unpaired) electrons. The zero-order chi connectivity index (χ0) is 30.1. The van der Waals surface area contributed by atoms with Gasteiger partial charge >= 0.3 is 0 Å². The van der Waals surface area contributed by atoms with E-state index in [0.717, 1.165) is 16.0 Å². The third kappa shape index (κ3) is 5.67. The number of carbonyl (C=O) groups excluding carboxylic acids is 4. The first-order valence-electron chi connectivity index (χ1n) is 13.5. The molecule has 0 saturated heterocycles. The molecule has 0 spiro atoms. The highest BCUT2D eigenvalue weighted by Gasteiger charge is 2.39. The molecule has 43 heavy (non-hydrogen) atoms. The molecular formula is C33H26ClN3O6. The number of halogens is 1. The fraction of sp³-hybridized carbons (Fsp3) is 0.152. The van der Waals surface area contributed by atoms with Crippen molar-refractivity contribution in [2.45, 2.75) is 19.5 Å². The third-order valence-electron chi connectivity index (χ3n) is 7.35. The molecule has 3 amide bonds. The van der Waals surface area contributed by atoms with E-state index >= 15 is 0 Å². The van der Waals surface area contributed by atoms with E-state index in [2.05, 4.69) is 5.32 Å². The molecule has 0 bridgehead atoms. The third-order valence-corrected chi connectivity index (χ3v) is 7.60. The quantitative estimate of drug-likeness (QED) is 0.277. The fourth-order valence-corrected chi connectivity index (χ4v) is 5.27. The Morgan fingerprint density at radius 1 is 0.930 bits per heavy atom. The molecule has 4 aromatic rings. The van der Waals surface area contributed by atoms with Gasteiger partial charge in [0.05, 0.1) is 11.3 Å². The molecular weight excluding hydrogens is 570 g/mol. The summed E-state index contributed by atoms with van der Waals surface area (Å²) in [7, 11) is 0. The van der Waals surface area contributed by atoms with Gasteiger partial charge in [-0.2, -0.15) is 0 Å². The van der Waals surface area contributed by atoms with Gasteiger partial charge in [-0.1, -0.05) is 65.7 Å². The first-order chi connectivity index (χ1) is 20.8. The van der Waals surface area contributed by atoms with Crippen molar-refractivity contribution in [2.24, 2.45) is 0 Å². The summed E-state index contributed by atoms with van der Waals surface area (Å²) < 4.78 is 10.8. The zero-order valence-corrected chi connectivity index (χ0v) is 23.8. The van der Waals surface area contributed by atoms with Crippen LogP contribution in [0.5, 0.6) is 11.5 Å². The molecule has 2 aliphatic rings. The fourth-order valence-electron chi connectivity index (χ4n) is 5.15. The molecule has 0 saturated carbocycles. The van der Waals surface area contributed by atoms with Crippen LogP contribution in [-0.2, 0) is 20.9 Å². The Morgan fingerprint density at radius 3 is 2.42 bits per heavy atom. The molecule has 0 aromatic heterocycles. The number of para-hydroxylation sites is 1. The average molecular weight is 596 g/mol. The van der Waals surface area contributed by atoms with Crippen LogP contribution in [0.1, 0.15) is 33.1 Å². The topological polar surface area (TPSA) is 105 Å². The van der Waals surface area contributed by atoms with Gasteiger partial charge in [0.2, 0.25) is 12.7 Å². The first-order valence-corrected chi connectivity index (χ1v) is 13.9.